The molecular weight excluding hydrogens is 414 g/mol. The summed E-state index contributed by atoms with van der Waals surface area (Å²) in [6.07, 6.45) is 7.27. The minimum Gasteiger partial charge on any atom is -0.495 e. The van der Waals surface area contributed by atoms with E-state index in [1.807, 2.05) is 19.1 Å². The molecular formula is C23H31N3O4S. The van der Waals surface area contributed by atoms with Gasteiger partial charge in [-0.1, -0.05) is 19.3 Å². The van der Waals surface area contributed by atoms with Crippen molar-refractivity contribution in [1.29, 1.82) is 0 Å². The van der Waals surface area contributed by atoms with Gasteiger partial charge in [0.25, 0.3) is 5.91 Å². The molecule has 1 aromatic heterocycles. The first-order valence-electron chi connectivity index (χ1n) is 10.7. The summed E-state index contributed by atoms with van der Waals surface area (Å²) in [5, 5.41) is 0. The van der Waals surface area contributed by atoms with Crippen LogP contribution in [0, 0.1) is 6.92 Å². The number of methoxy groups -OCH3 is 1. The predicted octanol–water partition coefficient (Wildman–Crippen LogP) is 3.41. The molecule has 8 heteroatoms. The Morgan fingerprint density at radius 2 is 1.87 bits per heavy atom. The Balaban J connectivity index is 2.06. The van der Waals surface area contributed by atoms with Crippen molar-refractivity contribution in [2.75, 3.05) is 7.11 Å². The molecule has 0 spiro atoms. The average molecular weight is 446 g/mol. The van der Waals surface area contributed by atoms with Crippen LogP contribution in [0.4, 0.5) is 0 Å². The molecule has 1 aromatic carbocycles. The van der Waals surface area contributed by atoms with Gasteiger partial charge in [-0.3, -0.25) is 14.4 Å². The fourth-order valence-electron chi connectivity index (χ4n) is 3.79. The second kappa shape index (κ2) is 9.78. The van der Waals surface area contributed by atoms with Gasteiger partial charge in [-0.15, -0.1) is 0 Å². The zero-order chi connectivity index (χ0) is 22.6. The fourth-order valence-corrected chi connectivity index (χ4v) is 5.24. The third-order valence-corrected chi connectivity index (χ3v) is 6.97. The maximum Gasteiger partial charge on any atom is 0.263 e. The summed E-state index contributed by atoms with van der Waals surface area (Å²) >= 11 is 0. The van der Waals surface area contributed by atoms with Gasteiger partial charge in [0.15, 0.2) is 0 Å². The van der Waals surface area contributed by atoms with E-state index >= 15 is 0 Å². The molecule has 1 aliphatic carbocycles. The number of aromatic nitrogens is 1. The molecule has 0 aliphatic heterocycles. The first-order valence-corrected chi connectivity index (χ1v) is 12.2. The molecule has 0 radical (unpaired) electrons. The van der Waals surface area contributed by atoms with Crippen molar-refractivity contribution in [1.82, 2.24) is 9.29 Å². The number of nitrogens with one attached hydrogen (secondary N) is 1. The van der Waals surface area contributed by atoms with Gasteiger partial charge in [0, 0.05) is 17.8 Å². The third-order valence-electron chi connectivity index (χ3n) is 5.29. The van der Waals surface area contributed by atoms with E-state index in [2.05, 4.69) is 4.72 Å². The van der Waals surface area contributed by atoms with Crippen molar-refractivity contribution in [2.45, 2.75) is 69.9 Å². The SMILES string of the molecule is COc1ccc(C(=O)n2ccc(C)cc2=NC2CCCCC2)cc1S(=O)(=O)NC(C)C. The number of hydrogen-bond acceptors (Lipinski definition) is 5. The van der Waals surface area contributed by atoms with Crippen LogP contribution < -0.4 is 14.9 Å². The number of ether oxygens (including phenoxy) is 1. The fraction of sp³-hybridized carbons (Fsp3) is 0.478. The van der Waals surface area contributed by atoms with Gasteiger partial charge in [0.2, 0.25) is 10.0 Å². The number of carbonyl (C=O) groups is 1. The molecule has 1 aliphatic rings. The van der Waals surface area contributed by atoms with Crippen LogP contribution in [0.3, 0.4) is 0 Å². The summed E-state index contributed by atoms with van der Waals surface area (Å²) in [5.41, 5.74) is 1.86. The summed E-state index contributed by atoms with van der Waals surface area (Å²) < 4.78 is 34.8. The van der Waals surface area contributed by atoms with E-state index in [1.54, 1.807) is 26.1 Å². The van der Waals surface area contributed by atoms with Gasteiger partial charge in [-0.25, -0.2) is 13.1 Å². The van der Waals surface area contributed by atoms with Crippen molar-refractivity contribution < 1.29 is 17.9 Å². The Labute approximate surface area is 184 Å². The molecule has 1 fully saturated rings. The number of hydrogen-bond donors (Lipinski definition) is 1. The highest BCUT2D eigenvalue weighted by molar-refractivity contribution is 7.89. The lowest BCUT2D eigenvalue weighted by Gasteiger charge is -2.18. The molecule has 0 saturated heterocycles. The van der Waals surface area contributed by atoms with E-state index < -0.39 is 10.0 Å². The van der Waals surface area contributed by atoms with Gasteiger partial charge in [0.05, 0.1) is 13.2 Å². The number of pyridine rings is 1. The molecule has 0 bridgehead atoms. The molecule has 168 valence electrons. The lowest BCUT2D eigenvalue weighted by molar-refractivity contribution is 0.0954. The highest BCUT2D eigenvalue weighted by Crippen LogP contribution is 2.25. The van der Waals surface area contributed by atoms with Gasteiger partial charge in [-0.05, 0) is 69.5 Å². The monoisotopic (exact) mass is 445 g/mol. The minimum atomic E-state index is -3.84. The maximum absolute atomic E-state index is 13.4. The highest BCUT2D eigenvalue weighted by atomic mass is 32.2. The standard InChI is InChI=1S/C23H31N3O4S/c1-16(2)25-31(28,29)21-15-18(10-11-20(21)30-4)23(27)26-13-12-17(3)14-22(26)24-19-8-6-5-7-9-19/h10-16,19,25H,5-9H2,1-4H3. The lowest BCUT2D eigenvalue weighted by Crippen LogP contribution is -2.31. The topological polar surface area (TPSA) is 89.8 Å². The average Bonchev–Trinajstić information content (AvgIpc) is 2.73. The van der Waals surface area contributed by atoms with E-state index in [4.69, 9.17) is 9.73 Å². The van der Waals surface area contributed by atoms with Gasteiger partial charge in [0.1, 0.15) is 16.1 Å². The van der Waals surface area contributed by atoms with Crippen LogP contribution in [0.5, 0.6) is 5.75 Å². The Morgan fingerprint density at radius 1 is 1.16 bits per heavy atom. The molecule has 0 amide bonds. The number of sulfonamides is 1. The van der Waals surface area contributed by atoms with Crippen LogP contribution in [0.2, 0.25) is 0 Å². The Bertz CT molecular complexity index is 1110. The lowest BCUT2D eigenvalue weighted by atomic mass is 9.96. The summed E-state index contributed by atoms with van der Waals surface area (Å²) in [7, 11) is -2.44. The largest absolute Gasteiger partial charge is 0.495 e. The summed E-state index contributed by atoms with van der Waals surface area (Å²) in [6.45, 7) is 5.44. The van der Waals surface area contributed by atoms with Crippen molar-refractivity contribution in [3.05, 3.63) is 53.1 Å². The molecule has 3 rings (SSSR count). The third kappa shape index (κ3) is 5.62. The van der Waals surface area contributed by atoms with E-state index in [0.717, 1.165) is 31.2 Å². The van der Waals surface area contributed by atoms with Crippen LogP contribution in [-0.2, 0) is 10.0 Å². The van der Waals surface area contributed by atoms with Crippen LogP contribution in [0.25, 0.3) is 0 Å². The summed E-state index contributed by atoms with van der Waals surface area (Å²) in [5.74, 6) is -0.149. The van der Waals surface area contributed by atoms with Crippen molar-refractivity contribution in [3.8, 4) is 5.75 Å². The first kappa shape index (κ1) is 23.2. The molecule has 1 saturated carbocycles. The van der Waals surface area contributed by atoms with Crippen molar-refractivity contribution in [3.63, 3.8) is 0 Å². The van der Waals surface area contributed by atoms with E-state index in [0.29, 0.717) is 5.49 Å². The number of nitrogens with zero attached hydrogens (tertiary/aromatic N) is 2. The number of benzene rings is 1. The minimum absolute atomic E-state index is 0.0620. The van der Waals surface area contributed by atoms with Crippen LogP contribution in [0.1, 0.15) is 61.9 Å². The van der Waals surface area contributed by atoms with E-state index in [-0.39, 0.29) is 34.2 Å². The van der Waals surface area contributed by atoms with Gasteiger partial charge < -0.3 is 4.74 Å². The second-order valence-electron chi connectivity index (χ2n) is 8.30. The molecule has 0 atom stereocenters. The van der Waals surface area contributed by atoms with Crippen LogP contribution >= 0.6 is 0 Å². The predicted molar refractivity (Wildman–Crippen MR) is 120 cm³/mol. The molecule has 1 heterocycles. The van der Waals surface area contributed by atoms with Crippen LogP contribution in [0.15, 0.2) is 46.4 Å². The smallest absolute Gasteiger partial charge is 0.263 e. The first-order chi connectivity index (χ1) is 14.7. The molecule has 1 N–H and O–H groups in total. The van der Waals surface area contributed by atoms with E-state index in [9.17, 15) is 13.2 Å². The van der Waals surface area contributed by atoms with E-state index in [1.165, 1.54) is 30.2 Å². The second-order valence-corrected chi connectivity index (χ2v) is 9.98. The summed E-state index contributed by atoms with van der Waals surface area (Å²) in [4.78, 5) is 18.2. The quantitative estimate of drug-likeness (QED) is 0.738. The molecule has 7 nitrogen and oxygen atoms in total. The zero-order valence-electron chi connectivity index (χ0n) is 18.6. The Morgan fingerprint density at radius 3 is 2.52 bits per heavy atom. The Kier molecular flexibility index (Phi) is 7.33. The highest BCUT2D eigenvalue weighted by Gasteiger charge is 2.23. The summed E-state index contributed by atoms with van der Waals surface area (Å²) in [6, 6.07) is 8.11. The molecule has 31 heavy (non-hydrogen) atoms. The molecule has 2 aromatic rings. The van der Waals surface area contributed by atoms with Crippen molar-refractivity contribution >= 4 is 15.9 Å². The Hall–Kier alpha value is -2.45. The normalized spacial score (nSPS) is 16.0. The molecule has 0 unspecified atom stereocenters. The van der Waals surface area contributed by atoms with Gasteiger partial charge >= 0.3 is 0 Å². The van der Waals surface area contributed by atoms with Crippen LogP contribution in [-0.4, -0.2) is 38.1 Å². The number of aryl methyl sites for hydroxylation is 1. The number of carbonyl (C=O) groups excluding carboxylic acids is 1. The van der Waals surface area contributed by atoms with Gasteiger partial charge in [-0.2, -0.15) is 0 Å². The zero-order valence-corrected chi connectivity index (χ0v) is 19.4. The maximum atomic E-state index is 13.4. The van der Waals surface area contributed by atoms with Crippen molar-refractivity contribution in [2.24, 2.45) is 4.99 Å². The number of rotatable bonds is 6.